The molecule has 1 aromatic carbocycles. The second-order valence-corrected chi connectivity index (χ2v) is 5.22. The van der Waals surface area contributed by atoms with Crippen molar-refractivity contribution in [2.45, 2.75) is 0 Å². The Morgan fingerprint density at radius 2 is 1.86 bits per heavy atom. The highest BCUT2D eigenvalue weighted by molar-refractivity contribution is 5.91. The molecule has 3 heterocycles. The molecular formula is C16H15N3O3. The van der Waals surface area contributed by atoms with Crippen LogP contribution in [0.5, 0.6) is 0 Å². The summed E-state index contributed by atoms with van der Waals surface area (Å²) in [6, 6.07) is 11.7. The SMILES string of the molecule is O=C(c1ccco1)N1CCN(c2nc3ccccc3o2)CC1. The molecule has 1 fully saturated rings. The molecule has 0 N–H and O–H groups in total. The van der Waals surface area contributed by atoms with E-state index in [4.69, 9.17) is 8.83 Å². The Labute approximate surface area is 126 Å². The number of aromatic nitrogens is 1. The summed E-state index contributed by atoms with van der Waals surface area (Å²) in [5.41, 5.74) is 1.64. The van der Waals surface area contributed by atoms with Gasteiger partial charge in [0.25, 0.3) is 11.9 Å². The number of benzene rings is 1. The molecule has 1 aliphatic rings. The smallest absolute Gasteiger partial charge is 0.298 e. The number of fused-ring (bicyclic) bond motifs is 1. The third-order valence-electron chi connectivity index (χ3n) is 3.85. The van der Waals surface area contributed by atoms with Crippen LogP contribution in [-0.4, -0.2) is 42.0 Å². The largest absolute Gasteiger partial charge is 0.459 e. The highest BCUT2D eigenvalue weighted by Gasteiger charge is 2.25. The standard InChI is InChI=1S/C16H15N3O3/c20-15(14-6-3-11-21-14)18-7-9-19(10-8-18)16-17-12-4-1-2-5-13(12)22-16/h1-6,11H,7-10H2. The van der Waals surface area contributed by atoms with Gasteiger partial charge in [-0.2, -0.15) is 4.98 Å². The molecule has 6 nitrogen and oxygen atoms in total. The number of anilines is 1. The molecule has 0 atom stereocenters. The van der Waals surface area contributed by atoms with E-state index < -0.39 is 0 Å². The topological polar surface area (TPSA) is 62.7 Å². The van der Waals surface area contributed by atoms with E-state index in [1.54, 1.807) is 17.0 Å². The van der Waals surface area contributed by atoms with Gasteiger partial charge in [0, 0.05) is 26.2 Å². The van der Waals surface area contributed by atoms with Crippen molar-refractivity contribution in [1.29, 1.82) is 0 Å². The normalized spacial score (nSPS) is 15.5. The van der Waals surface area contributed by atoms with Crippen LogP contribution in [0.2, 0.25) is 0 Å². The fourth-order valence-corrected chi connectivity index (χ4v) is 2.65. The van der Waals surface area contributed by atoms with Gasteiger partial charge in [-0.15, -0.1) is 0 Å². The zero-order valence-corrected chi connectivity index (χ0v) is 11.9. The van der Waals surface area contributed by atoms with E-state index in [1.807, 2.05) is 24.3 Å². The quantitative estimate of drug-likeness (QED) is 0.726. The molecule has 1 amide bonds. The number of hydrogen-bond donors (Lipinski definition) is 0. The Morgan fingerprint density at radius 3 is 2.59 bits per heavy atom. The molecule has 22 heavy (non-hydrogen) atoms. The van der Waals surface area contributed by atoms with Crippen LogP contribution in [-0.2, 0) is 0 Å². The molecule has 1 saturated heterocycles. The van der Waals surface area contributed by atoms with Crippen LogP contribution in [0.4, 0.5) is 6.01 Å². The number of hydrogen-bond acceptors (Lipinski definition) is 5. The van der Waals surface area contributed by atoms with Crippen LogP contribution in [0.25, 0.3) is 11.1 Å². The first-order chi connectivity index (χ1) is 10.8. The van der Waals surface area contributed by atoms with Crippen molar-refractivity contribution < 1.29 is 13.6 Å². The monoisotopic (exact) mass is 297 g/mol. The molecule has 2 aromatic heterocycles. The zero-order valence-electron chi connectivity index (χ0n) is 11.9. The fourth-order valence-electron chi connectivity index (χ4n) is 2.65. The van der Waals surface area contributed by atoms with E-state index in [1.165, 1.54) is 6.26 Å². The average molecular weight is 297 g/mol. The van der Waals surface area contributed by atoms with Crippen molar-refractivity contribution in [3.8, 4) is 0 Å². The van der Waals surface area contributed by atoms with Crippen molar-refractivity contribution in [3.05, 3.63) is 48.4 Å². The number of nitrogens with zero attached hydrogens (tertiary/aromatic N) is 3. The summed E-state index contributed by atoms with van der Waals surface area (Å²) in [6.07, 6.45) is 1.52. The highest BCUT2D eigenvalue weighted by atomic mass is 16.4. The average Bonchev–Trinajstić information content (AvgIpc) is 3.23. The predicted molar refractivity (Wildman–Crippen MR) is 80.8 cm³/mol. The minimum absolute atomic E-state index is 0.0674. The summed E-state index contributed by atoms with van der Waals surface area (Å²) in [6.45, 7) is 2.63. The van der Waals surface area contributed by atoms with Gasteiger partial charge >= 0.3 is 0 Å². The molecule has 0 saturated carbocycles. The molecule has 0 spiro atoms. The molecule has 112 valence electrons. The molecule has 4 rings (SSSR count). The van der Waals surface area contributed by atoms with Gasteiger partial charge in [0.05, 0.1) is 6.26 Å². The minimum atomic E-state index is -0.0674. The van der Waals surface area contributed by atoms with Gasteiger partial charge in [0.1, 0.15) is 5.52 Å². The van der Waals surface area contributed by atoms with Crippen LogP contribution in [0.3, 0.4) is 0 Å². The van der Waals surface area contributed by atoms with Crippen molar-refractivity contribution in [3.63, 3.8) is 0 Å². The van der Waals surface area contributed by atoms with E-state index in [0.29, 0.717) is 38.0 Å². The van der Waals surface area contributed by atoms with Gasteiger partial charge in [0.15, 0.2) is 11.3 Å². The summed E-state index contributed by atoms with van der Waals surface area (Å²) < 4.78 is 10.9. The molecule has 0 aliphatic carbocycles. The number of furan rings is 1. The summed E-state index contributed by atoms with van der Waals surface area (Å²) in [5.74, 6) is 0.317. The first-order valence-corrected chi connectivity index (χ1v) is 7.24. The predicted octanol–water partition coefficient (Wildman–Crippen LogP) is 2.38. The van der Waals surface area contributed by atoms with Gasteiger partial charge < -0.3 is 18.6 Å². The molecule has 0 bridgehead atoms. The van der Waals surface area contributed by atoms with Crippen molar-refractivity contribution >= 4 is 23.0 Å². The van der Waals surface area contributed by atoms with Gasteiger partial charge in [0.2, 0.25) is 0 Å². The van der Waals surface area contributed by atoms with Gasteiger partial charge in [-0.25, -0.2) is 0 Å². The van der Waals surface area contributed by atoms with Gasteiger partial charge in [-0.05, 0) is 24.3 Å². The van der Waals surface area contributed by atoms with E-state index in [2.05, 4.69) is 9.88 Å². The van der Waals surface area contributed by atoms with Gasteiger partial charge in [-0.3, -0.25) is 4.79 Å². The second-order valence-electron chi connectivity index (χ2n) is 5.22. The molecule has 6 heteroatoms. The lowest BCUT2D eigenvalue weighted by Gasteiger charge is -2.33. The number of carbonyl (C=O) groups excluding carboxylic acids is 1. The van der Waals surface area contributed by atoms with E-state index in [0.717, 1.165) is 11.1 Å². The zero-order chi connectivity index (χ0) is 14.9. The number of para-hydroxylation sites is 2. The maximum absolute atomic E-state index is 12.2. The van der Waals surface area contributed by atoms with Crippen LogP contribution < -0.4 is 4.90 Å². The van der Waals surface area contributed by atoms with E-state index in [-0.39, 0.29) is 5.91 Å². The maximum Gasteiger partial charge on any atom is 0.298 e. The molecule has 3 aromatic rings. The van der Waals surface area contributed by atoms with E-state index >= 15 is 0 Å². The summed E-state index contributed by atoms with van der Waals surface area (Å²) >= 11 is 0. The minimum Gasteiger partial charge on any atom is -0.459 e. The molecular weight excluding hydrogens is 282 g/mol. The second kappa shape index (κ2) is 5.22. The number of oxazole rings is 1. The third kappa shape index (κ3) is 2.22. The number of carbonyl (C=O) groups is 1. The first kappa shape index (κ1) is 12.9. The fraction of sp³-hybridized carbons (Fsp3) is 0.250. The Morgan fingerprint density at radius 1 is 1.05 bits per heavy atom. The Hall–Kier alpha value is -2.76. The lowest BCUT2D eigenvalue weighted by atomic mass is 10.3. The van der Waals surface area contributed by atoms with Crippen LogP contribution >= 0.6 is 0 Å². The summed E-state index contributed by atoms with van der Waals surface area (Å²) in [5, 5.41) is 0. The Balaban J connectivity index is 1.46. The first-order valence-electron chi connectivity index (χ1n) is 7.24. The van der Waals surface area contributed by atoms with Crippen LogP contribution in [0, 0.1) is 0 Å². The molecule has 0 radical (unpaired) electrons. The lowest BCUT2D eigenvalue weighted by molar-refractivity contribution is 0.0713. The van der Waals surface area contributed by atoms with Crippen molar-refractivity contribution in [2.24, 2.45) is 0 Å². The highest BCUT2D eigenvalue weighted by Crippen LogP contribution is 2.22. The summed E-state index contributed by atoms with van der Waals surface area (Å²) in [7, 11) is 0. The third-order valence-corrected chi connectivity index (χ3v) is 3.85. The van der Waals surface area contributed by atoms with E-state index in [9.17, 15) is 4.79 Å². The summed E-state index contributed by atoms with van der Waals surface area (Å²) in [4.78, 5) is 20.6. The maximum atomic E-state index is 12.2. The number of piperazine rings is 1. The Kier molecular flexibility index (Phi) is 3.07. The number of amides is 1. The lowest BCUT2D eigenvalue weighted by Crippen LogP contribution is -2.48. The van der Waals surface area contributed by atoms with Crippen LogP contribution in [0.15, 0.2) is 51.5 Å². The molecule has 0 unspecified atom stereocenters. The Bertz CT molecular complexity index is 753. The van der Waals surface area contributed by atoms with Crippen molar-refractivity contribution in [1.82, 2.24) is 9.88 Å². The van der Waals surface area contributed by atoms with Crippen molar-refractivity contribution in [2.75, 3.05) is 31.1 Å². The van der Waals surface area contributed by atoms with Gasteiger partial charge in [-0.1, -0.05) is 12.1 Å². The molecule has 1 aliphatic heterocycles. The number of rotatable bonds is 2. The van der Waals surface area contributed by atoms with Crippen LogP contribution in [0.1, 0.15) is 10.6 Å².